The van der Waals surface area contributed by atoms with E-state index in [4.69, 9.17) is 9.52 Å². The fraction of sp³-hybridized carbons (Fsp3) is 0.545. The normalized spacial score (nSPS) is 14.1. The van der Waals surface area contributed by atoms with Gasteiger partial charge in [0.15, 0.2) is 0 Å². The molecule has 0 spiro atoms. The average molecular weight is 258 g/mol. The van der Waals surface area contributed by atoms with Crippen LogP contribution < -0.4 is 10.6 Å². The molecule has 0 saturated heterocycles. The summed E-state index contributed by atoms with van der Waals surface area (Å²) in [6.45, 7) is 2.26. The first-order chi connectivity index (χ1) is 8.17. The zero-order valence-electron chi connectivity index (χ0n) is 9.97. The van der Waals surface area contributed by atoms with Gasteiger partial charge in [-0.1, -0.05) is 0 Å². The van der Waals surface area contributed by atoms with Crippen molar-refractivity contribution in [2.45, 2.75) is 24.8 Å². The van der Waals surface area contributed by atoms with Gasteiger partial charge in [-0.05, 0) is 25.3 Å². The molecule has 2 amide bonds. The molecule has 1 aromatic heterocycles. The van der Waals surface area contributed by atoms with Crippen LogP contribution in [0.2, 0.25) is 0 Å². The van der Waals surface area contributed by atoms with E-state index in [1.54, 1.807) is 18.4 Å². The number of nitrogens with one attached hydrogen (secondary N) is 2. The van der Waals surface area contributed by atoms with E-state index in [9.17, 15) is 4.79 Å². The Balaban J connectivity index is 2.29. The number of furan rings is 1. The molecule has 0 fully saturated rings. The van der Waals surface area contributed by atoms with Crippen LogP contribution in [-0.4, -0.2) is 35.3 Å². The maximum atomic E-state index is 11.5. The number of amides is 2. The second-order valence-corrected chi connectivity index (χ2v) is 4.73. The van der Waals surface area contributed by atoms with E-state index < -0.39 is 0 Å². The van der Waals surface area contributed by atoms with Crippen molar-refractivity contribution in [1.29, 1.82) is 0 Å². The topological polar surface area (TPSA) is 74.5 Å². The minimum atomic E-state index is -0.263. The number of aliphatic hydroxyl groups excluding tert-OH is 1. The lowest BCUT2D eigenvalue weighted by atomic mass is 10.2. The van der Waals surface area contributed by atoms with E-state index in [0.29, 0.717) is 12.3 Å². The Morgan fingerprint density at radius 1 is 1.65 bits per heavy atom. The number of thioether (sulfide) groups is 1. The molecular weight excluding hydrogens is 240 g/mol. The van der Waals surface area contributed by atoms with Gasteiger partial charge >= 0.3 is 6.03 Å². The van der Waals surface area contributed by atoms with Crippen LogP contribution in [0.25, 0.3) is 0 Å². The fourth-order valence-corrected chi connectivity index (χ4v) is 1.99. The summed E-state index contributed by atoms with van der Waals surface area (Å²) in [5, 5.41) is 14.5. The minimum absolute atomic E-state index is 0.00404. The highest BCUT2D eigenvalue weighted by molar-refractivity contribution is 7.99. The molecule has 1 heterocycles. The van der Waals surface area contributed by atoms with Gasteiger partial charge in [0.1, 0.15) is 5.76 Å². The van der Waals surface area contributed by atoms with E-state index in [2.05, 4.69) is 10.6 Å². The van der Waals surface area contributed by atoms with Crippen LogP contribution in [0.5, 0.6) is 0 Å². The molecule has 0 radical (unpaired) electrons. The summed E-state index contributed by atoms with van der Waals surface area (Å²) >= 11 is 1.52. The van der Waals surface area contributed by atoms with Gasteiger partial charge in [-0.2, -0.15) is 11.8 Å². The quantitative estimate of drug-likeness (QED) is 0.716. The molecule has 3 N–H and O–H groups in total. The van der Waals surface area contributed by atoms with Crippen LogP contribution in [0.1, 0.15) is 12.7 Å². The number of carbonyl (C=O) groups excluding carboxylic acids is 1. The van der Waals surface area contributed by atoms with Crippen LogP contribution in [-0.2, 0) is 6.54 Å². The molecule has 1 aromatic rings. The SMILES string of the molecule is CS[C@H](CO)[C@@H](C)NC(=O)NCc1ccco1. The molecule has 6 heteroatoms. The number of aliphatic hydroxyl groups is 1. The standard InChI is InChI=1S/C11H18N2O3S/c1-8(10(7-14)17-2)13-11(15)12-6-9-4-3-5-16-9/h3-5,8,10,14H,6-7H2,1-2H3,(H2,12,13,15)/t8-,10-/m1/s1. The van der Waals surface area contributed by atoms with E-state index in [1.165, 1.54) is 11.8 Å². The van der Waals surface area contributed by atoms with Crippen molar-refractivity contribution < 1.29 is 14.3 Å². The number of urea groups is 1. The van der Waals surface area contributed by atoms with Crippen LogP contribution in [0.4, 0.5) is 4.79 Å². The summed E-state index contributed by atoms with van der Waals surface area (Å²) in [6, 6.07) is 3.21. The third-order valence-electron chi connectivity index (χ3n) is 2.40. The second kappa shape index (κ2) is 7.24. The smallest absolute Gasteiger partial charge is 0.315 e. The third kappa shape index (κ3) is 4.70. The van der Waals surface area contributed by atoms with Crippen molar-refractivity contribution in [3.05, 3.63) is 24.2 Å². The van der Waals surface area contributed by atoms with E-state index in [1.807, 2.05) is 13.2 Å². The predicted octanol–water partition coefficient (Wildman–Crippen LogP) is 1.19. The lowest BCUT2D eigenvalue weighted by Crippen LogP contribution is -2.45. The van der Waals surface area contributed by atoms with Gasteiger partial charge in [-0.3, -0.25) is 0 Å². The predicted molar refractivity (Wildman–Crippen MR) is 67.9 cm³/mol. The summed E-state index contributed by atoms with van der Waals surface area (Å²) in [5.74, 6) is 0.705. The van der Waals surface area contributed by atoms with Gasteiger partial charge in [0, 0.05) is 11.3 Å². The lowest BCUT2D eigenvalue weighted by molar-refractivity contribution is 0.231. The Morgan fingerprint density at radius 3 is 2.94 bits per heavy atom. The van der Waals surface area contributed by atoms with E-state index in [0.717, 1.165) is 0 Å². The molecule has 0 aliphatic carbocycles. The highest BCUT2D eigenvalue weighted by atomic mass is 32.2. The van der Waals surface area contributed by atoms with Gasteiger partial charge in [0.05, 0.1) is 19.4 Å². The van der Waals surface area contributed by atoms with Crippen molar-refractivity contribution in [2.75, 3.05) is 12.9 Å². The third-order valence-corrected chi connectivity index (χ3v) is 3.57. The van der Waals surface area contributed by atoms with E-state index in [-0.39, 0.29) is 23.9 Å². The number of rotatable bonds is 6. The van der Waals surface area contributed by atoms with Crippen LogP contribution in [0.3, 0.4) is 0 Å². The maximum absolute atomic E-state index is 11.5. The molecule has 5 nitrogen and oxygen atoms in total. The molecule has 2 atom stereocenters. The first-order valence-corrected chi connectivity index (χ1v) is 6.66. The van der Waals surface area contributed by atoms with Gasteiger partial charge in [0.25, 0.3) is 0 Å². The molecule has 0 aliphatic heterocycles. The molecule has 0 unspecified atom stereocenters. The van der Waals surface area contributed by atoms with Crippen LogP contribution >= 0.6 is 11.8 Å². The van der Waals surface area contributed by atoms with Crippen molar-refractivity contribution >= 4 is 17.8 Å². The summed E-state index contributed by atoms with van der Waals surface area (Å²) < 4.78 is 5.09. The highest BCUT2D eigenvalue weighted by Crippen LogP contribution is 2.09. The lowest BCUT2D eigenvalue weighted by Gasteiger charge is -2.21. The number of hydrogen-bond acceptors (Lipinski definition) is 4. The van der Waals surface area contributed by atoms with E-state index >= 15 is 0 Å². The number of carbonyl (C=O) groups is 1. The molecule has 96 valence electrons. The largest absolute Gasteiger partial charge is 0.467 e. The van der Waals surface area contributed by atoms with Gasteiger partial charge in [-0.25, -0.2) is 4.79 Å². The minimum Gasteiger partial charge on any atom is -0.467 e. The van der Waals surface area contributed by atoms with Gasteiger partial charge in [-0.15, -0.1) is 0 Å². The molecule has 0 aromatic carbocycles. The first-order valence-electron chi connectivity index (χ1n) is 5.37. The van der Waals surface area contributed by atoms with Gasteiger partial charge < -0.3 is 20.2 Å². The zero-order valence-corrected chi connectivity index (χ0v) is 10.8. The second-order valence-electron chi connectivity index (χ2n) is 3.65. The molecule has 0 aliphatic rings. The Hall–Kier alpha value is -1.14. The molecule has 0 bridgehead atoms. The van der Waals surface area contributed by atoms with Gasteiger partial charge in [0.2, 0.25) is 0 Å². The monoisotopic (exact) mass is 258 g/mol. The fourth-order valence-electron chi connectivity index (χ4n) is 1.37. The molecule has 1 rings (SSSR count). The highest BCUT2D eigenvalue weighted by Gasteiger charge is 2.17. The Bertz CT molecular complexity index is 325. The Morgan fingerprint density at radius 2 is 2.41 bits per heavy atom. The first kappa shape index (κ1) is 13.9. The zero-order chi connectivity index (χ0) is 12.7. The van der Waals surface area contributed by atoms with Crippen molar-refractivity contribution in [3.63, 3.8) is 0 Å². The summed E-state index contributed by atoms with van der Waals surface area (Å²) in [7, 11) is 0. The summed E-state index contributed by atoms with van der Waals surface area (Å²) in [5.41, 5.74) is 0. The molecule has 0 saturated carbocycles. The summed E-state index contributed by atoms with van der Waals surface area (Å²) in [4.78, 5) is 11.5. The van der Waals surface area contributed by atoms with Crippen LogP contribution in [0, 0.1) is 0 Å². The maximum Gasteiger partial charge on any atom is 0.315 e. The Kier molecular flexibility index (Phi) is 5.93. The Labute approximate surface area is 105 Å². The van der Waals surface area contributed by atoms with Crippen molar-refractivity contribution in [3.8, 4) is 0 Å². The summed E-state index contributed by atoms with van der Waals surface area (Å²) in [6.07, 6.45) is 3.47. The molecule has 17 heavy (non-hydrogen) atoms. The number of hydrogen-bond donors (Lipinski definition) is 3. The average Bonchev–Trinajstić information content (AvgIpc) is 2.81. The van der Waals surface area contributed by atoms with Crippen molar-refractivity contribution in [1.82, 2.24) is 10.6 Å². The molecular formula is C11H18N2O3S. The van der Waals surface area contributed by atoms with Crippen molar-refractivity contribution in [2.24, 2.45) is 0 Å². The van der Waals surface area contributed by atoms with Crippen LogP contribution in [0.15, 0.2) is 22.8 Å².